The van der Waals surface area contributed by atoms with E-state index in [4.69, 9.17) is 0 Å². The maximum atomic E-state index is 4.52. The van der Waals surface area contributed by atoms with E-state index < -0.39 is 0 Å². The van der Waals surface area contributed by atoms with Crippen LogP contribution in [0.4, 0.5) is 0 Å². The van der Waals surface area contributed by atoms with E-state index in [-0.39, 0.29) is 6.04 Å². The molecule has 0 amide bonds. The molecule has 0 radical (unpaired) electrons. The lowest BCUT2D eigenvalue weighted by atomic mass is 10.1. The van der Waals surface area contributed by atoms with E-state index in [0.717, 1.165) is 25.1 Å². The van der Waals surface area contributed by atoms with Crippen LogP contribution in [0.1, 0.15) is 43.3 Å². The summed E-state index contributed by atoms with van der Waals surface area (Å²) in [6, 6.07) is 2.31. The van der Waals surface area contributed by atoms with Crippen LogP contribution >= 0.6 is 0 Å². The fourth-order valence-electron chi connectivity index (χ4n) is 2.35. The van der Waals surface area contributed by atoms with E-state index in [1.807, 2.05) is 29.7 Å². The first-order chi connectivity index (χ1) is 9.19. The fourth-order valence-corrected chi connectivity index (χ4v) is 2.35. The van der Waals surface area contributed by atoms with Gasteiger partial charge in [0.15, 0.2) is 0 Å². The van der Waals surface area contributed by atoms with Gasteiger partial charge in [0.2, 0.25) is 0 Å². The van der Waals surface area contributed by atoms with Crippen molar-refractivity contribution in [2.45, 2.75) is 39.3 Å². The standard InChI is InChI=1S/C14H23N5/c1-5-7-19-10-11(9-16-19)14(15-3)13-8-12(6-2)17-18(13)4/h8-10,14-15H,5-7H2,1-4H3. The molecular weight excluding hydrogens is 238 g/mol. The molecule has 5 heteroatoms. The first-order valence-corrected chi connectivity index (χ1v) is 6.92. The molecule has 5 nitrogen and oxygen atoms in total. The largest absolute Gasteiger partial charge is 0.308 e. The molecule has 2 aromatic heterocycles. The lowest BCUT2D eigenvalue weighted by molar-refractivity contribution is 0.591. The second-order valence-electron chi connectivity index (χ2n) is 4.80. The molecular formula is C14H23N5. The van der Waals surface area contributed by atoms with Crippen LogP contribution in [0.3, 0.4) is 0 Å². The van der Waals surface area contributed by atoms with Crippen LogP contribution in [-0.2, 0) is 20.0 Å². The Kier molecular flexibility index (Phi) is 4.37. The molecule has 19 heavy (non-hydrogen) atoms. The van der Waals surface area contributed by atoms with Crippen LogP contribution in [0.5, 0.6) is 0 Å². The number of aromatic nitrogens is 4. The van der Waals surface area contributed by atoms with Crippen molar-refractivity contribution in [3.63, 3.8) is 0 Å². The minimum atomic E-state index is 0.142. The zero-order valence-corrected chi connectivity index (χ0v) is 12.2. The first kappa shape index (κ1) is 13.8. The number of nitrogens with one attached hydrogen (secondary N) is 1. The third-order valence-electron chi connectivity index (χ3n) is 3.35. The van der Waals surface area contributed by atoms with Crippen molar-refractivity contribution < 1.29 is 0 Å². The van der Waals surface area contributed by atoms with Crippen molar-refractivity contribution in [3.8, 4) is 0 Å². The Hall–Kier alpha value is -1.62. The van der Waals surface area contributed by atoms with Crippen molar-refractivity contribution in [2.24, 2.45) is 7.05 Å². The maximum absolute atomic E-state index is 4.52. The summed E-state index contributed by atoms with van der Waals surface area (Å²) >= 11 is 0. The van der Waals surface area contributed by atoms with Gasteiger partial charge in [0.25, 0.3) is 0 Å². The number of aryl methyl sites for hydroxylation is 3. The van der Waals surface area contributed by atoms with E-state index in [0.29, 0.717) is 0 Å². The topological polar surface area (TPSA) is 47.7 Å². The summed E-state index contributed by atoms with van der Waals surface area (Å²) in [5.41, 5.74) is 3.48. The molecule has 1 atom stereocenters. The lowest BCUT2D eigenvalue weighted by Crippen LogP contribution is -2.20. The molecule has 1 N–H and O–H groups in total. The molecule has 0 bridgehead atoms. The molecule has 0 aliphatic carbocycles. The van der Waals surface area contributed by atoms with Crippen molar-refractivity contribution in [1.82, 2.24) is 24.9 Å². The first-order valence-electron chi connectivity index (χ1n) is 6.92. The van der Waals surface area contributed by atoms with Crippen LogP contribution in [0.2, 0.25) is 0 Å². The van der Waals surface area contributed by atoms with Gasteiger partial charge in [-0.05, 0) is 26.0 Å². The van der Waals surface area contributed by atoms with Gasteiger partial charge in [-0.15, -0.1) is 0 Å². The third-order valence-corrected chi connectivity index (χ3v) is 3.35. The van der Waals surface area contributed by atoms with Gasteiger partial charge in [-0.1, -0.05) is 13.8 Å². The summed E-state index contributed by atoms with van der Waals surface area (Å²) in [5, 5.41) is 12.3. The SMILES string of the molecule is CCCn1cc(C(NC)c2cc(CC)nn2C)cn1. The van der Waals surface area contributed by atoms with Gasteiger partial charge in [0, 0.05) is 25.4 Å². The number of nitrogens with zero attached hydrogens (tertiary/aromatic N) is 4. The average Bonchev–Trinajstić information content (AvgIpc) is 2.99. The molecule has 0 saturated heterocycles. The Morgan fingerprint density at radius 2 is 2.16 bits per heavy atom. The Morgan fingerprint density at radius 1 is 1.37 bits per heavy atom. The van der Waals surface area contributed by atoms with Crippen LogP contribution in [0.25, 0.3) is 0 Å². The predicted octanol–water partition coefficient (Wildman–Crippen LogP) is 1.90. The molecule has 0 saturated carbocycles. The number of hydrogen-bond donors (Lipinski definition) is 1. The molecule has 104 valence electrons. The number of hydrogen-bond acceptors (Lipinski definition) is 3. The summed E-state index contributed by atoms with van der Waals surface area (Å²) in [5.74, 6) is 0. The van der Waals surface area contributed by atoms with Gasteiger partial charge in [0.1, 0.15) is 0 Å². The molecule has 0 fully saturated rings. The zero-order valence-electron chi connectivity index (χ0n) is 12.2. The average molecular weight is 261 g/mol. The van der Waals surface area contributed by atoms with Crippen molar-refractivity contribution in [3.05, 3.63) is 35.4 Å². The maximum Gasteiger partial charge on any atom is 0.0776 e. The third kappa shape index (κ3) is 2.87. The lowest BCUT2D eigenvalue weighted by Gasteiger charge is -2.14. The molecule has 2 rings (SSSR count). The predicted molar refractivity (Wildman–Crippen MR) is 76.0 cm³/mol. The van der Waals surface area contributed by atoms with Crippen LogP contribution in [0.15, 0.2) is 18.5 Å². The van der Waals surface area contributed by atoms with Crippen LogP contribution in [0, 0.1) is 0 Å². The molecule has 2 aromatic rings. The molecule has 0 aliphatic rings. The van der Waals surface area contributed by atoms with Crippen molar-refractivity contribution in [1.29, 1.82) is 0 Å². The molecule has 1 unspecified atom stereocenters. The minimum Gasteiger partial charge on any atom is -0.308 e. The van der Waals surface area contributed by atoms with Gasteiger partial charge >= 0.3 is 0 Å². The van der Waals surface area contributed by atoms with E-state index in [2.05, 4.69) is 41.6 Å². The second-order valence-corrected chi connectivity index (χ2v) is 4.80. The van der Waals surface area contributed by atoms with Gasteiger partial charge < -0.3 is 5.32 Å². The minimum absolute atomic E-state index is 0.142. The summed E-state index contributed by atoms with van der Waals surface area (Å²) in [6.45, 7) is 5.24. The summed E-state index contributed by atoms with van der Waals surface area (Å²) in [7, 11) is 3.97. The fraction of sp³-hybridized carbons (Fsp3) is 0.571. The van der Waals surface area contributed by atoms with Gasteiger partial charge in [-0.25, -0.2) is 0 Å². The van der Waals surface area contributed by atoms with E-state index in [9.17, 15) is 0 Å². The molecule has 0 aliphatic heterocycles. The summed E-state index contributed by atoms with van der Waals surface area (Å²) in [6.07, 6.45) is 6.11. The normalized spacial score (nSPS) is 12.8. The highest BCUT2D eigenvalue weighted by Crippen LogP contribution is 2.22. The molecule has 0 aromatic carbocycles. The van der Waals surface area contributed by atoms with E-state index in [1.165, 1.54) is 11.3 Å². The van der Waals surface area contributed by atoms with Gasteiger partial charge in [-0.3, -0.25) is 9.36 Å². The highest BCUT2D eigenvalue weighted by Gasteiger charge is 2.18. The Bertz CT molecular complexity index is 526. The summed E-state index contributed by atoms with van der Waals surface area (Å²) < 4.78 is 3.95. The van der Waals surface area contributed by atoms with E-state index in [1.54, 1.807) is 0 Å². The van der Waals surface area contributed by atoms with Crippen molar-refractivity contribution >= 4 is 0 Å². The van der Waals surface area contributed by atoms with Gasteiger partial charge in [-0.2, -0.15) is 10.2 Å². The quantitative estimate of drug-likeness (QED) is 0.864. The van der Waals surface area contributed by atoms with Crippen LogP contribution in [-0.4, -0.2) is 26.6 Å². The Morgan fingerprint density at radius 3 is 2.74 bits per heavy atom. The molecule has 2 heterocycles. The van der Waals surface area contributed by atoms with E-state index >= 15 is 0 Å². The van der Waals surface area contributed by atoms with Gasteiger partial charge in [0.05, 0.1) is 23.6 Å². The smallest absolute Gasteiger partial charge is 0.0776 e. The second kappa shape index (κ2) is 6.02. The van der Waals surface area contributed by atoms with Crippen LogP contribution < -0.4 is 5.32 Å². The zero-order chi connectivity index (χ0) is 13.8. The Balaban J connectivity index is 2.29. The van der Waals surface area contributed by atoms with Crippen molar-refractivity contribution in [2.75, 3.05) is 7.05 Å². The monoisotopic (exact) mass is 261 g/mol. The Labute approximate surface area is 114 Å². The summed E-state index contributed by atoms with van der Waals surface area (Å²) in [4.78, 5) is 0. The molecule has 0 spiro atoms. The highest BCUT2D eigenvalue weighted by molar-refractivity contribution is 5.25. The number of rotatable bonds is 6. The highest BCUT2D eigenvalue weighted by atomic mass is 15.3.